The van der Waals surface area contributed by atoms with Crippen molar-refractivity contribution in [2.24, 2.45) is 0 Å². The van der Waals surface area contributed by atoms with Gasteiger partial charge in [0, 0.05) is 30.5 Å². The third kappa shape index (κ3) is 4.53. The molecule has 0 aromatic carbocycles. The lowest BCUT2D eigenvalue weighted by molar-refractivity contribution is -0.120. The second-order valence-corrected chi connectivity index (χ2v) is 6.44. The standard InChI is InChI=1S/C17H27N3O/c1-4-14-6-7-15(19-13-14)12-16(21)18-9-11-20-10-5-8-17(20,2)3/h6-7,13H,4-5,8-12H2,1-3H3,(H,18,21). The minimum absolute atomic E-state index is 0.0590. The molecule has 116 valence electrons. The number of nitrogens with zero attached hydrogens (tertiary/aromatic N) is 2. The van der Waals surface area contributed by atoms with Crippen molar-refractivity contribution in [2.75, 3.05) is 19.6 Å². The van der Waals surface area contributed by atoms with Crippen molar-refractivity contribution < 1.29 is 4.79 Å². The van der Waals surface area contributed by atoms with Gasteiger partial charge in [-0.3, -0.25) is 14.7 Å². The van der Waals surface area contributed by atoms with Gasteiger partial charge in [0.25, 0.3) is 0 Å². The molecule has 21 heavy (non-hydrogen) atoms. The maximum Gasteiger partial charge on any atom is 0.226 e. The van der Waals surface area contributed by atoms with Crippen LogP contribution in [0, 0.1) is 0 Å². The number of likely N-dealkylation sites (tertiary alicyclic amines) is 1. The maximum absolute atomic E-state index is 11.9. The zero-order valence-corrected chi connectivity index (χ0v) is 13.5. The summed E-state index contributed by atoms with van der Waals surface area (Å²) in [6, 6.07) is 3.99. The highest BCUT2D eigenvalue weighted by Gasteiger charge is 2.31. The van der Waals surface area contributed by atoms with Gasteiger partial charge in [-0.25, -0.2) is 0 Å². The average molecular weight is 289 g/mol. The molecular formula is C17H27N3O. The number of carbonyl (C=O) groups is 1. The van der Waals surface area contributed by atoms with Crippen LogP contribution in [-0.4, -0.2) is 41.0 Å². The first kappa shape index (κ1) is 16.0. The number of rotatable bonds is 6. The fourth-order valence-electron chi connectivity index (χ4n) is 2.90. The van der Waals surface area contributed by atoms with Gasteiger partial charge in [0.2, 0.25) is 5.91 Å². The summed E-state index contributed by atoms with van der Waals surface area (Å²) >= 11 is 0. The van der Waals surface area contributed by atoms with Gasteiger partial charge in [-0.05, 0) is 51.3 Å². The van der Waals surface area contributed by atoms with Crippen molar-refractivity contribution in [1.82, 2.24) is 15.2 Å². The molecule has 1 saturated heterocycles. The highest BCUT2D eigenvalue weighted by molar-refractivity contribution is 5.78. The Bertz CT molecular complexity index is 467. The van der Waals surface area contributed by atoms with Crippen molar-refractivity contribution in [3.05, 3.63) is 29.6 Å². The summed E-state index contributed by atoms with van der Waals surface area (Å²) in [5.41, 5.74) is 2.32. The third-order valence-electron chi connectivity index (χ3n) is 4.41. The minimum Gasteiger partial charge on any atom is -0.354 e. The molecule has 0 unspecified atom stereocenters. The van der Waals surface area contributed by atoms with Gasteiger partial charge < -0.3 is 5.32 Å². The molecular weight excluding hydrogens is 262 g/mol. The Hall–Kier alpha value is -1.42. The number of hydrogen-bond acceptors (Lipinski definition) is 3. The Morgan fingerprint density at radius 2 is 2.24 bits per heavy atom. The van der Waals surface area contributed by atoms with Crippen molar-refractivity contribution in [1.29, 1.82) is 0 Å². The summed E-state index contributed by atoms with van der Waals surface area (Å²) in [7, 11) is 0. The van der Waals surface area contributed by atoms with Crippen molar-refractivity contribution in [3.63, 3.8) is 0 Å². The Labute approximate surface area is 127 Å². The first-order valence-electron chi connectivity index (χ1n) is 7.97. The fourth-order valence-corrected chi connectivity index (χ4v) is 2.90. The fraction of sp³-hybridized carbons (Fsp3) is 0.647. The molecule has 4 nitrogen and oxygen atoms in total. The number of pyridine rings is 1. The Morgan fingerprint density at radius 3 is 2.81 bits per heavy atom. The smallest absolute Gasteiger partial charge is 0.226 e. The SMILES string of the molecule is CCc1ccc(CC(=O)NCCN2CCCC2(C)C)nc1. The molecule has 0 spiro atoms. The van der Waals surface area contributed by atoms with E-state index in [1.807, 2.05) is 18.3 Å². The highest BCUT2D eigenvalue weighted by Crippen LogP contribution is 2.27. The van der Waals surface area contributed by atoms with Gasteiger partial charge in [0.05, 0.1) is 6.42 Å². The van der Waals surface area contributed by atoms with E-state index in [-0.39, 0.29) is 11.4 Å². The quantitative estimate of drug-likeness (QED) is 0.873. The van der Waals surface area contributed by atoms with Crippen LogP contribution in [0.15, 0.2) is 18.3 Å². The van der Waals surface area contributed by atoms with Gasteiger partial charge in [0.15, 0.2) is 0 Å². The number of aromatic nitrogens is 1. The molecule has 1 N–H and O–H groups in total. The highest BCUT2D eigenvalue weighted by atomic mass is 16.1. The van der Waals surface area contributed by atoms with Gasteiger partial charge in [-0.15, -0.1) is 0 Å². The zero-order chi connectivity index (χ0) is 15.3. The molecule has 0 aliphatic carbocycles. The molecule has 1 fully saturated rings. The van der Waals surface area contributed by atoms with Crippen LogP contribution >= 0.6 is 0 Å². The normalized spacial score (nSPS) is 17.9. The van der Waals surface area contributed by atoms with Gasteiger partial charge in [-0.2, -0.15) is 0 Å². The number of aryl methyl sites for hydroxylation is 1. The van der Waals surface area contributed by atoms with E-state index in [9.17, 15) is 4.79 Å². The van der Waals surface area contributed by atoms with Crippen LogP contribution < -0.4 is 5.32 Å². The molecule has 0 bridgehead atoms. The first-order valence-corrected chi connectivity index (χ1v) is 7.97. The van der Waals surface area contributed by atoms with Gasteiger partial charge in [0.1, 0.15) is 0 Å². The summed E-state index contributed by atoms with van der Waals surface area (Å²) in [4.78, 5) is 18.7. The largest absolute Gasteiger partial charge is 0.354 e. The van der Waals surface area contributed by atoms with Crippen molar-refractivity contribution >= 4 is 5.91 Å². The van der Waals surface area contributed by atoms with E-state index in [4.69, 9.17) is 0 Å². The molecule has 1 aliphatic heterocycles. The predicted octanol–water partition coefficient (Wildman–Crippen LogP) is 2.18. The molecule has 1 aromatic rings. The van der Waals surface area contributed by atoms with E-state index in [1.165, 1.54) is 18.4 Å². The molecule has 4 heteroatoms. The molecule has 0 atom stereocenters. The number of carbonyl (C=O) groups excluding carboxylic acids is 1. The predicted molar refractivity (Wildman–Crippen MR) is 85.2 cm³/mol. The van der Waals surface area contributed by atoms with Crippen LogP contribution in [0.25, 0.3) is 0 Å². The van der Waals surface area contributed by atoms with Crippen LogP contribution in [0.3, 0.4) is 0 Å². The number of hydrogen-bond donors (Lipinski definition) is 1. The van der Waals surface area contributed by atoms with Crippen LogP contribution in [0.5, 0.6) is 0 Å². The summed E-state index contributed by atoms with van der Waals surface area (Å²) in [6.07, 6.45) is 5.71. The van der Waals surface area contributed by atoms with E-state index in [0.717, 1.165) is 31.7 Å². The lowest BCUT2D eigenvalue weighted by Gasteiger charge is -2.31. The monoisotopic (exact) mass is 289 g/mol. The summed E-state index contributed by atoms with van der Waals surface area (Å²) in [6.45, 7) is 9.45. The van der Waals surface area contributed by atoms with Crippen LogP contribution in [0.2, 0.25) is 0 Å². The van der Waals surface area contributed by atoms with Crippen LogP contribution in [0.4, 0.5) is 0 Å². The number of nitrogens with one attached hydrogen (secondary N) is 1. The molecule has 0 saturated carbocycles. The third-order valence-corrected chi connectivity index (χ3v) is 4.41. The summed E-state index contributed by atoms with van der Waals surface area (Å²) < 4.78 is 0. The van der Waals surface area contributed by atoms with E-state index in [2.05, 4.69) is 36.0 Å². The lowest BCUT2D eigenvalue weighted by atomic mass is 10.0. The summed E-state index contributed by atoms with van der Waals surface area (Å²) in [5.74, 6) is 0.0590. The molecule has 2 heterocycles. The van der Waals surface area contributed by atoms with Crippen LogP contribution in [-0.2, 0) is 17.6 Å². The van der Waals surface area contributed by atoms with Crippen molar-refractivity contribution in [2.45, 2.75) is 52.0 Å². The molecule has 1 aliphatic rings. The molecule has 2 rings (SSSR count). The van der Waals surface area contributed by atoms with Gasteiger partial charge >= 0.3 is 0 Å². The molecule has 1 aromatic heterocycles. The van der Waals surface area contributed by atoms with Crippen LogP contribution in [0.1, 0.15) is 44.9 Å². The van der Waals surface area contributed by atoms with E-state index in [0.29, 0.717) is 6.42 Å². The molecule has 1 amide bonds. The average Bonchev–Trinajstić information content (AvgIpc) is 2.79. The maximum atomic E-state index is 11.9. The lowest BCUT2D eigenvalue weighted by Crippen LogP contribution is -2.43. The first-order chi connectivity index (χ1) is 10.0. The second kappa shape index (κ2) is 7.03. The van der Waals surface area contributed by atoms with Gasteiger partial charge in [-0.1, -0.05) is 13.0 Å². The second-order valence-electron chi connectivity index (χ2n) is 6.44. The summed E-state index contributed by atoms with van der Waals surface area (Å²) in [5, 5.41) is 3.00. The molecule has 0 radical (unpaired) electrons. The minimum atomic E-state index is 0.0590. The Balaban J connectivity index is 1.72. The van der Waals surface area contributed by atoms with Crippen molar-refractivity contribution in [3.8, 4) is 0 Å². The van der Waals surface area contributed by atoms with E-state index in [1.54, 1.807) is 0 Å². The topological polar surface area (TPSA) is 45.2 Å². The Morgan fingerprint density at radius 1 is 1.43 bits per heavy atom. The van der Waals surface area contributed by atoms with E-state index >= 15 is 0 Å². The zero-order valence-electron chi connectivity index (χ0n) is 13.5. The Kier molecular flexibility index (Phi) is 5.34. The number of amides is 1. The van der Waals surface area contributed by atoms with E-state index < -0.39 is 0 Å².